The molecule has 0 spiro atoms. The van der Waals surface area contributed by atoms with E-state index in [9.17, 15) is 18.0 Å². The van der Waals surface area contributed by atoms with Gasteiger partial charge in [0.2, 0.25) is 0 Å². The van der Waals surface area contributed by atoms with Gasteiger partial charge in [0.25, 0.3) is 5.56 Å². The molecule has 5 nitrogen and oxygen atoms in total. The molecule has 0 aliphatic heterocycles. The average Bonchev–Trinajstić information content (AvgIpc) is 2.98. The first-order chi connectivity index (χ1) is 12.3. The largest absolute Gasteiger partial charge is 0.389 e. The van der Waals surface area contributed by atoms with Crippen molar-refractivity contribution < 1.29 is 13.2 Å². The SMILES string of the molecule is CCn1cnc2c(=O)n(-c3ccc(Cl)cc3)c(SCCC(F)(F)F)nc21. The van der Waals surface area contributed by atoms with Crippen molar-refractivity contribution in [1.29, 1.82) is 0 Å². The van der Waals surface area contributed by atoms with Crippen molar-refractivity contribution in [2.24, 2.45) is 0 Å². The van der Waals surface area contributed by atoms with E-state index in [4.69, 9.17) is 11.6 Å². The summed E-state index contributed by atoms with van der Waals surface area (Å²) in [5.41, 5.74) is 0.563. The van der Waals surface area contributed by atoms with Crippen molar-refractivity contribution >= 4 is 34.5 Å². The van der Waals surface area contributed by atoms with Crippen molar-refractivity contribution in [1.82, 2.24) is 19.1 Å². The van der Waals surface area contributed by atoms with Gasteiger partial charge < -0.3 is 4.57 Å². The van der Waals surface area contributed by atoms with Crippen LogP contribution < -0.4 is 5.56 Å². The second-order valence-electron chi connectivity index (χ2n) is 5.43. The second kappa shape index (κ2) is 7.32. The third-order valence-corrected chi connectivity index (χ3v) is 4.84. The predicted molar refractivity (Wildman–Crippen MR) is 95.2 cm³/mol. The normalized spacial score (nSPS) is 12.0. The van der Waals surface area contributed by atoms with Crippen molar-refractivity contribution in [3.63, 3.8) is 0 Å². The lowest BCUT2D eigenvalue weighted by Gasteiger charge is -2.13. The highest BCUT2D eigenvalue weighted by Gasteiger charge is 2.27. The molecule has 0 radical (unpaired) electrons. The Labute approximate surface area is 155 Å². The molecule has 0 aliphatic rings. The maximum Gasteiger partial charge on any atom is 0.389 e. The van der Waals surface area contributed by atoms with Crippen LogP contribution in [0, 0.1) is 0 Å². The summed E-state index contributed by atoms with van der Waals surface area (Å²) in [5.74, 6) is -0.241. The summed E-state index contributed by atoms with van der Waals surface area (Å²) in [6, 6.07) is 6.43. The van der Waals surface area contributed by atoms with Crippen molar-refractivity contribution in [2.75, 3.05) is 5.75 Å². The van der Waals surface area contributed by atoms with Gasteiger partial charge in [0, 0.05) is 17.3 Å². The van der Waals surface area contributed by atoms with Crippen LogP contribution >= 0.6 is 23.4 Å². The van der Waals surface area contributed by atoms with Crippen LogP contribution in [0.1, 0.15) is 13.3 Å². The van der Waals surface area contributed by atoms with Crippen LogP contribution in [0.4, 0.5) is 13.2 Å². The van der Waals surface area contributed by atoms with Gasteiger partial charge in [-0.25, -0.2) is 9.97 Å². The zero-order valence-corrected chi connectivity index (χ0v) is 15.2. The Bertz CT molecular complexity index is 982. The van der Waals surface area contributed by atoms with Gasteiger partial charge in [0.15, 0.2) is 16.3 Å². The molecule has 26 heavy (non-hydrogen) atoms. The van der Waals surface area contributed by atoms with E-state index in [0.717, 1.165) is 11.8 Å². The molecule has 0 atom stereocenters. The van der Waals surface area contributed by atoms with Gasteiger partial charge in [-0.05, 0) is 31.2 Å². The van der Waals surface area contributed by atoms with Gasteiger partial charge in [-0.3, -0.25) is 9.36 Å². The van der Waals surface area contributed by atoms with Gasteiger partial charge in [-0.15, -0.1) is 0 Å². The van der Waals surface area contributed by atoms with Crippen LogP contribution in [0.2, 0.25) is 5.02 Å². The first kappa shape index (κ1) is 18.8. The van der Waals surface area contributed by atoms with Crippen LogP contribution in [0.3, 0.4) is 0 Å². The van der Waals surface area contributed by atoms with Crippen LogP contribution in [-0.4, -0.2) is 31.0 Å². The molecule has 0 unspecified atom stereocenters. The standard InChI is InChI=1S/C16H14ClF3N4OS/c1-2-23-9-21-12-13(23)22-15(26-8-7-16(18,19)20)24(14(12)25)11-5-3-10(17)4-6-11/h3-6,9H,2,7-8H2,1H3. The quantitative estimate of drug-likeness (QED) is 0.471. The lowest BCUT2D eigenvalue weighted by molar-refractivity contribution is -0.129. The van der Waals surface area contributed by atoms with E-state index in [0.29, 0.717) is 22.9 Å². The van der Waals surface area contributed by atoms with E-state index in [-0.39, 0.29) is 16.4 Å². The van der Waals surface area contributed by atoms with Crippen LogP contribution in [0.5, 0.6) is 0 Å². The molecule has 0 N–H and O–H groups in total. The molecule has 0 fully saturated rings. The topological polar surface area (TPSA) is 52.7 Å². The third kappa shape index (κ3) is 3.88. The minimum absolute atomic E-state index is 0.168. The van der Waals surface area contributed by atoms with Crippen molar-refractivity contribution in [2.45, 2.75) is 31.2 Å². The van der Waals surface area contributed by atoms with Crippen LogP contribution in [0.25, 0.3) is 16.9 Å². The molecule has 0 aliphatic carbocycles. The first-order valence-corrected chi connectivity index (χ1v) is 9.10. The average molecular weight is 403 g/mol. The number of halogens is 4. The highest BCUT2D eigenvalue weighted by atomic mass is 35.5. The van der Waals surface area contributed by atoms with E-state index in [1.807, 2.05) is 6.92 Å². The number of rotatable bonds is 5. The molecule has 2 heterocycles. The first-order valence-electron chi connectivity index (χ1n) is 7.73. The number of imidazole rings is 1. The fourth-order valence-corrected chi connectivity index (χ4v) is 3.49. The summed E-state index contributed by atoms with van der Waals surface area (Å²) < 4.78 is 40.4. The Morgan fingerprint density at radius 1 is 1.23 bits per heavy atom. The monoisotopic (exact) mass is 402 g/mol. The van der Waals surface area contributed by atoms with Gasteiger partial charge in [-0.2, -0.15) is 13.2 Å². The van der Waals surface area contributed by atoms with Crippen LogP contribution in [-0.2, 0) is 6.54 Å². The minimum Gasteiger partial charge on any atom is -0.315 e. The Morgan fingerprint density at radius 3 is 2.54 bits per heavy atom. The zero-order chi connectivity index (χ0) is 18.9. The third-order valence-electron chi connectivity index (χ3n) is 3.65. The summed E-state index contributed by atoms with van der Waals surface area (Å²) in [6.45, 7) is 2.41. The minimum atomic E-state index is -4.27. The molecule has 10 heteroatoms. The maximum absolute atomic E-state index is 12.9. The van der Waals surface area contributed by atoms with Crippen molar-refractivity contribution in [3.05, 3.63) is 46.0 Å². The summed E-state index contributed by atoms with van der Waals surface area (Å²) in [6.07, 6.45) is -3.75. The van der Waals surface area contributed by atoms with Crippen molar-refractivity contribution in [3.8, 4) is 5.69 Å². The number of thioether (sulfide) groups is 1. The molecule has 0 bridgehead atoms. The Hall–Kier alpha value is -2.00. The fraction of sp³-hybridized carbons (Fsp3) is 0.312. The molecular weight excluding hydrogens is 389 g/mol. The molecule has 0 saturated heterocycles. The zero-order valence-electron chi connectivity index (χ0n) is 13.6. The van der Waals surface area contributed by atoms with Crippen LogP contribution in [0.15, 0.2) is 40.5 Å². The number of fused-ring (bicyclic) bond motifs is 1. The summed E-state index contributed by atoms with van der Waals surface area (Å²) in [5, 5.41) is 0.668. The molecule has 3 rings (SSSR count). The van der Waals surface area contributed by atoms with E-state index in [1.165, 1.54) is 10.9 Å². The highest BCUT2D eigenvalue weighted by molar-refractivity contribution is 7.99. The fourth-order valence-electron chi connectivity index (χ4n) is 2.38. The van der Waals surface area contributed by atoms with Gasteiger partial charge in [-0.1, -0.05) is 23.4 Å². The molecule has 2 aromatic heterocycles. The second-order valence-corrected chi connectivity index (χ2v) is 6.93. The lowest BCUT2D eigenvalue weighted by atomic mass is 10.3. The summed E-state index contributed by atoms with van der Waals surface area (Å²) in [7, 11) is 0. The Kier molecular flexibility index (Phi) is 5.29. The molecular formula is C16H14ClF3N4OS. The number of nitrogens with zero attached hydrogens (tertiary/aromatic N) is 4. The van der Waals surface area contributed by atoms with Gasteiger partial charge >= 0.3 is 6.18 Å². The van der Waals surface area contributed by atoms with E-state index >= 15 is 0 Å². The van der Waals surface area contributed by atoms with E-state index in [2.05, 4.69) is 9.97 Å². The Balaban J connectivity index is 2.13. The predicted octanol–water partition coefficient (Wildman–Crippen LogP) is 4.30. The van der Waals surface area contributed by atoms with E-state index < -0.39 is 18.2 Å². The highest BCUT2D eigenvalue weighted by Crippen LogP contribution is 2.27. The number of hydrogen-bond donors (Lipinski definition) is 0. The number of aromatic nitrogens is 4. The lowest BCUT2D eigenvalue weighted by Crippen LogP contribution is -2.22. The number of hydrogen-bond acceptors (Lipinski definition) is 4. The van der Waals surface area contributed by atoms with Gasteiger partial charge in [0.05, 0.1) is 18.4 Å². The van der Waals surface area contributed by atoms with Gasteiger partial charge in [0.1, 0.15) is 0 Å². The molecule has 1 aromatic carbocycles. The molecule has 0 amide bonds. The number of alkyl halides is 3. The summed E-state index contributed by atoms with van der Waals surface area (Å²) >= 11 is 6.76. The molecule has 138 valence electrons. The maximum atomic E-state index is 12.9. The molecule has 3 aromatic rings. The summed E-state index contributed by atoms with van der Waals surface area (Å²) in [4.78, 5) is 21.4. The number of aryl methyl sites for hydroxylation is 1. The smallest absolute Gasteiger partial charge is 0.315 e. The molecule has 0 saturated carbocycles. The van der Waals surface area contributed by atoms with E-state index in [1.54, 1.807) is 28.8 Å². The Morgan fingerprint density at radius 2 is 1.92 bits per heavy atom. The number of benzene rings is 1.